The fraction of sp³-hybridized carbons (Fsp3) is 0.182. The van der Waals surface area contributed by atoms with Gasteiger partial charge in [0.15, 0.2) is 5.17 Å². The Morgan fingerprint density at radius 2 is 2.18 bits per heavy atom. The van der Waals surface area contributed by atoms with Gasteiger partial charge in [-0.15, -0.1) is 0 Å². The van der Waals surface area contributed by atoms with Crippen LogP contribution in [0.5, 0.6) is 5.75 Å². The highest BCUT2D eigenvalue weighted by Gasteiger charge is 2.15. The summed E-state index contributed by atoms with van der Waals surface area (Å²) in [6.07, 6.45) is 1.43. The van der Waals surface area contributed by atoms with Gasteiger partial charge in [-0.05, 0) is 24.3 Å². The molecule has 1 amide bonds. The fourth-order valence-corrected chi connectivity index (χ4v) is 1.86. The Kier molecular flexibility index (Phi) is 3.77. The molecule has 1 aliphatic heterocycles. The third kappa shape index (κ3) is 3.32. The molecule has 5 nitrogen and oxygen atoms in total. The molecule has 0 saturated carbocycles. The summed E-state index contributed by atoms with van der Waals surface area (Å²) in [5, 5.41) is 3.21. The average molecular weight is 249 g/mol. The predicted octanol–water partition coefficient (Wildman–Crippen LogP) is 1.57. The van der Waals surface area contributed by atoms with Crippen LogP contribution in [0, 0.1) is 0 Å². The number of ether oxygens (including phenoxy) is 1. The summed E-state index contributed by atoms with van der Waals surface area (Å²) in [5.74, 6) is 1.19. The Morgan fingerprint density at radius 3 is 2.76 bits per heavy atom. The molecule has 1 saturated heterocycles. The van der Waals surface area contributed by atoms with E-state index in [0.717, 1.165) is 11.4 Å². The first-order valence-corrected chi connectivity index (χ1v) is 5.93. The van der Waals surface area contributed by atoms with Crippen LogP contribution >= 0.6 is 11.8 Å². The van der Waals surface area contributed by atoms with E-state index in [-0.39, 0.29) is 5.91 Å². The zero-order chi connectivity index (χ0) is 12.1. The van der Waals surface area contributed by atoms with Gasteiger partial charge in [0, 0.05) is 0 Å². The molecular formula is C11H11N3O2S. The Bertz CT molecular complexity index is 468. The van der Waals surface area contributed by atoms with Crippen LogP contribution in [-0.2, 0) is 4.79 Å². The Morgan fingerprint density at radius 1 is 1.41 bits per heavy atom. The van der Waals surface area contributed by atoms with Gasteiger partial charge in [0.05, 0.1) is 18.6 Å². The third-order valence-electron chi connectivity index (χ3n) is 2.04. The molecule has 1 fully saturated rings. The molecule has 88 valence electrons. The van der Waals surface area contributed by atoms with Crippen molar-refractivity contribution in [2.24, 2.45) is 9.98 Å². The van der Waals surface area contributed by atoms with Gasteiger partial charge in [-0.3, -0.25) is 4.79 Å². The molecule has 0 unspecified atom stereocenters. The van der Waals surface area contributed by atoms with Crippen molar-refractivity contribution in [2.75, 3.05) is 12.9 Å². The maximum atomic E-state index is 10.9. The van der Waals surface area contributed by atoms with Crippen LogP contribution in [0.4, 0.5) is 5.69 Å². The largest absolute Gasteiger partial charge is 0.497 e. The van der Waals surface area contributed by atoms with E-state index in [2.05, 4.69) is 15.3 Å². The number of methoxy groups -OCH3 is 1. The number of thioether (sulfide) groups is 1. The molecule has 1 aromatic carbocycles. The molecule has 1 aromatic rings. The minimum absolute atomic E-state index is 0.0217. The molecule has 0 aromatic heterocycles. The number of hydrogen-bond acceptors (Lipinski definition) is 4. The van der Waals surface area contributed by atoms with E-state index in [1.54, 1.807) is 7.11 Å². The molecule has 0 atom stereocenters. The van der Waals surface area contributed by atoms with Crippen LogP contribution in [-0.4, -0.2) is 30.3 Å². The van der Waals surface area contributed by atoms with Gasteiger partial charge in [-0.1, -0.05) is 11.8 Å². The number of nitrogens with one attached hydrogen (secondary N) is 1. The van der Waals surface area contributed by atoms with E-state index in [9.17, 15) is 4.79 Å². The molecule has 0 spiro atoms. The average Bonchev–Trinajstić information content (AvgIpc) is 2.76. The van der Waals surface area contributed by atoms with Crippen molar-refractivity contribution in [3.63, 3.8) is 0 Å². The molecule has 6 heteroatoms. The van der Waals surface area contributed by atoms with E-state index in [0.29, 0.717) is 10.9 Å². The molecule has 17 heavy (non-hydrogen) atoms. The Hall–Kier alpha value is -1.82. The summed E-state index contributed by atoms with van der Waals surface area (Å²) < 4.78 is 5.04. The lowest BCUT2D eigenvalue weighted by molar-refractivity contribution is -0.116. The van der Waals surface area contributed by atoms with E-state index >= 15 is 0 Å². The number of aliphatic imine (C=N–C) groups is 2. The van der Waals surface area contributed by atoms with Crippen LogP contribution in [0.1, 0.15) is 0 Å². The number of nitrogens with zero attached hydrogens (tertiary/aromatic N) is 2. The number of amidine groups is 1. The topological polar surface area (TPSA) is 63.1 Å². The van der Waals surface area contributed by atoms with Crippen molar-refractivity contribution in [1.82, 2.24) is 5.32 Å². The normalized spacial score (nSPS) is 17.7. The quantitative estimate of drug-likeness (QED) is 0.653. The van der Waals surface area contributed by atoms with Gasteiger partial charge in [0.25, 0.3) is 0 Å². The second-order valence-electron chi connectivity index (χ2n) is 3.21. The zero-order valence-corrected chi connectivity index (χ0v) is 10.0. The molecule has 1 heterocycles. The van der Waals surface area contributed by atoms with Crippen molar-refractivity contribution >= 4 is 34.9 Å². The van der Waals surface area contributed by atoms with E-state index in [1.807, 2.05) is 24.3 Å². The van der Waals surface area contributed by atoms with Crippen molar-refractivity contribution in [2.45, 2.75) is 0 Å². The lowest BCUT2D eigenvalue weighted by Crippen LogP contribution is -2.20. The van der Waals surface area contributed by atoms with Crippen molar-refractivity contribution in [3.8, 4) is 5.75 Å². The van der Waals surface area contributed by atoms with Gasteiger partial charge in [0.1, 0.15) is 12.1 Å². The lowest BCUT2D eigenvalue weighted by Gasteiger charge is -1.98. The number of hydrogen-bond donors (Lipinski definition) is 1. The highest BCUT2D eigenvalue weighted by atomic mass is 32.2. The monoisotopic (exact) mass is 249 g/mol. The highest BCUT2D eigenvalue weighted by molar-refractivity contribution is 8.15. The Balaban J connectivity index is 1.98. The maximum Gasteiger partial charge on any atom is 0.236 e. The predicted molar refractivity (Wildman–Crippen MR) is 69.2 cm³/mol. The number of carbonyl (C=O) groups excluding carboxylic acids is 1. The summed E-state index contributed by atoms with van der Waals surface area (Å²) in [6, 6.07) is 7.31. The van der Waals surface area contributed by atoms with Gasteiger partial charge in [-0.2, -0.15) is 0 Å². The van der Waals surface area contributed by atoms with Crippen LogP contribution in [0.3, 0.4) is 0 Å². The molecule has 1 aliphatic rings. The SMILES string of the molecule is COc1ccc(N=CN=C2NC(=O)CS2)cc1. The molecule has 0 aliphatic carbocycles. The molecular weight excluding hydrogens is 238 g/mol. The van der Waals surface area contributed by atoms with Crippen LogP contribution in [0.15, 0.2) is 34.3 Å². The van der Waals surface area contributed by atoms with Crippen molar-refractivity contribution in [3.05, 3.63) is 24.3 Å². The summed E-state index contributed by atoms with van der Waals surface area (Å²) in [4.78, 5) is 19.1. The van der Waals surface area contributed by atoms with Gasteiger partial charge in [0.2, 0.25) is 5.91 Å². The zero-order valence-electron chi connectivity index (χ0n) is 9.21. The second kappa shape index (κ2) is 5.49. The first kappa shape index (κ1) is 11.7. The van der Waals surface area contributed by atoms with Gasteiger partial charge in [-0.25, -0.2) is 9.98 Å². The fourth-order valence-electron chi connectivity index (χ4n) is 1.21. The van der Waals surface area contributed by atoms with Gasteiger partial charge >= 0.3 is 0 Å². The Labute approximate surface area is 103 Å². The van der Waals surface area contributed by atoms with Crippen molar-refractivity contribution in [1.29, 1.82) is 0 Å². The number of carbonyl (C=O) groups is 1. The molecule has 0 radical (unpaired) electrons. The molecule has 0 bridgehead atoms. The smallest absolute Gasteiger partial charge is 0.236 e. The van der Waals surface area contributed by atoms with Crippen LogP contribution in [0.25, 0.3) is 0 Å². The summed E-state index contributed by atoms with van der Waals surface area (Å²) in [6.45, 7) is 0. The highest BCUT2D eigenvalue weighted by Crippen LogP contribution is 2.17. The first-order valence-electron chi connectivity index (χ1n) is 4.95. The molecule has 1 N–H and O–H groups in total. The number of benzene rings is 1. The number of amides is 1. The molecule has 2 rings (SSSR count). The second-order valence-corrected chi connectivity index (χ2v) is 4.18. The standard InChI is InChI=1S/C11H11N3O2S/c1-16-9-4-2-8(3-5-9)12-7-13-11-14-10(15)6-17-11/h2-5,7H,6H2,1H3,(H,12,13,14,15). The van der Waals surface area contributed by atoms with E-state index in [1.165, 1.54) is 18.1 Å². The van der Waals surface area contributed by atoms with Crippen LogP contribution < -0.4 is 10.1 Å². The van der Waals surface area contributed by atoms with E-state index in [4.69, 9.17) is 4.74 Å². The minimum Gasteiger partial charge on any atom is -0.497 e. The first-order chi connectivity index (χ1) is 8.28. The maximum absolute atomic E-state index is 10.9. The van der Waals surface area contributed by atoms with Crippen molar-refractivity contribution < 1.29 is 9.53 Å². The summed E-state index contributed by atoms with van der Waals surface area (Å²) in [7, 11) is 1.62. The van der Waals surface area contributed by atoms with Gasteiger partial charge < -0.3 is 10.1 Å². The lowest BCUT2D eigenvalue weighted by atomic mass is 10.3. The minimum atomic E-state index is -0.0217. The van der Waals surface area contributed by atoms with E-state index < -0.39 is 0 Å². The number of rotatable bonds is 3. The third-order valence-corrected chi connectivity index (χ3v) is 2.93. The summed E-state index contributed by atoms with van der Waals surface area (Å²) in [5.41, 5.74) is 0.782. The van der Waals surface area contributed by atoms with Crippen LogP contribution in [0.2, 0.25) is 0 Å². The summed E-state index contributed by atoms with van der Waals surface area (Å²) >= 11 is 1.37.